The lowest BCUT2D eigenvalue weighted by molar-refractivity contribution is -0.116. The van der Waals surface area contributed by atoms with Crippen LogP contribution in [0, 0.1) is 6.92 Å². The van der Waals surface area contributed by atoms with Gasteiger partial charge in [-0.15, -0.1) is 0 Å². The van der Waals surface area contributed by atoms with Gasteiger partial charge in [-0.1, -0.05) is 0 Å². The molecule has 1 rings (SSSR count). The fourth-order valence-corrected chi connectivity index (χ4v) is 1.85. The Labute approximate surface area is 108 Å². The van der Waals surface area contributed by atoms with Crippen molar-refractivity contribution in [2.24, 2.45) is 0 Å². The van der Waals surface area contributed by atoms with E-state index in [0.29, 0.717) is 6.54 Å². The number of nitrogens with one attached hydrogen (secondary N) is 1. The second-order valence-electron chi connectivity index (χ2n) is 4.25. The van der Waals surface area contributed by atoms with Gasteiger partial charge in [0, 0.05) is 6.07 Å². The van der Waals surface area contributed by atoms with Crippen LogP contribution in [0.15, 0.2) is 12.1 Å². The van der Waals surface area contributed by atoms with Crippen molar-refractivity contribution in [3.63, 3.8) is 0 Å². The highest BCUT2D eigenvalue weighted by molar-refractivity contribution is 5.77. The number of carbonyl (C=O) groups excluding carboxylic acids is 1. The number of rotatable bonds is 7. The highest BCUT2D eigenvalue weighted by atomic mass is 16.5. The predicted octanol–water partition coefficient (Wildman–Crippen LogP) is 1.73. The zero-order valence-corrected chi connectivity index (χ0v) is 11.5. The summed E-state index contributed by atoms with van der Waals surface area (Å²) in [6.45, 7) is 4.78. The third-order valence-corrected chi connectivity index (χ3v) is 2.79. The fraction of sp³-hybridized carbons (Fsp3) is 0.500. The predicted molar refractivity (Wildman–Crippen MR) is 71.5 cm³/mol. The van der Waals surface area contributed by atoms with Crippen LogP contribution in [-0.2, 0) is 11.2 Å². The van der Waals surface area contributed by atoms with Crippen LogP contribution in [-0.4, -0.2) is 33.1 Å². The van der Waals surface area contributed by atoms with E-state index in [-0.39, 0.29) is 5.78 Å². The van der Waals surface area contributed by atoms with Gasteiger partial charge in [-0.25, -0.2) is 0 Å². The maximum absolute atomic E-state index is 10.8. The van der Waals surface area contributed by atoms with Gasteiger partial charge in [0.2, 0.25) is 0 Å². The molecule has 0 fully saturated rings. The van der Waals surface area contributed by atoms with Crippen molar-refractivity contribution in [1.29, 1.82) is 0 Å². The van der Waals surface area contributed by atoms with Crippen molar-refractivity contribution in [3.8, 4) is 11.5 Å². The topological polar surface area (TPSA) is 47.6 Å². The third-order valence-electron chi connectivity index (χ3n) is 2.79. The molecule has 0 amide bonds. The van der Waals surface area contributed by atoms with Gasteiger partial charge in [0.05, 0.1) is 20.8 Å². The summed E-state index contributed by atoms with van der Waals surface area (Å²) in [5.41, 5.74) is 2.28. The zero-order chi connectivity index (χ0) is 13.5. The monoisotopic (exact) mass is 251 g/mol. The van der Waals surface area contributed by atoms with E-state index in [2.05, 4.69) is 5.32 Å². The van der Waals surface area contributed by atoms with Crippen molar-refractivity contribution in [2.75, 3.05) is 27.3 Å². The molecule has 0 atom stereocenters. The Morgan fingerprint density at radius 2 is 2.00 bits per heavy atom. The summed E-state index contributed by atoms with van der Waals surface area (Å²) in [5.74, 6) is 1.77. The van der Waals surface area contributed by atoms with Crippen molar-refractivity contribution in [1.82, 2.24) is 5.32 Å². The first-order valence-electron chi connectivity index (χ1n) is 6.00. The van der Waals surface area contributed by atoms with Crippen LogP contribution in [0.25, 0.3) is 0 Å². The Balaban J connectivity index is 2.72. The summed E-state index contributed by atoms with van der Waals surface area (Å²) in [6, 6.07) is 3.87. The molecule has 0 heterocycles. The highest BCUT2D eigenvalue weighted by Crippen LogP contribution is 2.28. The molecule has 4 nitrogen and oxygen atoms in total. The molecule has 0 saturated heterocycles. The van der Waals surface area contributed by atoms with Crippen LogP contribution in [0.2, 0.25) is 0 Å². The molecule has 100 valence electrons. The fourth-order valence-electron chi connectivity index (χ4n) is 1.85. The number of aryl methyl sites for hydroxylation is 1. The number of hydrogen-bond donors (Lipinski definition) is 1. The average Bonchev–Trinajstić information content (AvgIpc) is 2.34. The molecule has 0 radical (unpaired) electrons. The first kappa shape index (κ1) is 14.5. The standard InChI is InChI=1S/C14H21NO3/c1-10-7-12(17-3)8-14(18-4)13(10)5-6-15-9-11(2)16/h7-8,15H,5-6,9H2,1-4H3. The van der Waals surface area contributed by atoms with Gasteiger partial charge in [-0.05, 0) is 44.0 Å². The maximum atomic E-state index is 10.8. The molecule has 4 heteroatoms. The quantitative estimate of drug-likeness (QED) is 0.750. The Kier molecular flexibility index (Phi) is 5.65. The second-order valence-corrected chi connectivity index (χ2v) is 4.25. The largest absolute Gasteiger partial charge is 0.497 e. The van der Waals surface area contributed by atoms with Gasteiger partial charge >= 0.3 is 0 Å². The minimum Gasteiger partial charge on any atom is -0.497 e. The molecule has 0 aliphatic heterocycles. The molecule has 0 spiro atoms. The maximum Gasteiger partial charge on any atom is 0.143 e. The molecular weight excluding hydrogens is 230 g/mol. The Hall–Kier alpha value is -1.55. The first-order chi connectivity index (χ1) is 8.58. The molecule has 1 aromatic rings. The Morgan fingerprint density at radius 1 is 1.28 bits per heavy atom. The summed E-state index contributed by atoms with van der Waals surface area (Å²) in [4.78, 5) is 10.8. The number of methoxy groups -OCH3 is 2. The van der Waals surface area contributed by atoms with Crippen LogP contribution in [0.1, 0.15) is 18.1 Å². The van der Waals surface area contributed by atoms with E-state index in [9.17, 15) is 4.79 Å². The Morgan fingerprint density at radius 3 is 2.56 bits per heavy atom. The van der Waals surface area contributed by atoms with Crippen LogP contribution in [0.5, 0.6) is 11.5 Å². The number of benzene rings is 1. The normalized spacial score (nSPS) is 10.2. The molecular formula is C14H21NO3. The summed E-state index contributed by atoms with van der Waals surface area (Å²) in [6.07, 6.45) is 0.826. The van der Waals surface area contributed by atoms with E-state index in [1.807, 2.05) is 19.1 Å². The summed E-state index contributed by atoms with van der Waals surface area (Å²) in [5, 5.41) is 3.10. The number of ether oxygens (including phenoxy) is 2. The van der Waals surface area contributed by atoms with Gasteiger partial charge in [-0.2, -0.15) is 0 Å². The summed E-state index contributed by atoms with van der Waals surface area (Å²) in [7, 11) is 3.29. The van der Waals surface area contributed by atoms with Crippen LogP contribution in [0.3, 0.4) is 0 Å². The molecule has 0 saturated carbocycles. The molecule has 0 aliphatic rings. The molecule has 1 N–H and O–H groups in total. The minimum absolute atomic E-state index is 0.147. The molecule has 0 aromatic heterocycles. The molecule has 0 bridgehead atoms. The number of Topliss-reactive ketones (excluding diaryl/α,β-unsaturated/α-hetero) is 1. The van der Waals surface area contributed by atoms with Crippen LogP contribution >= 0.6 is 0 Å². The van der Waals surface area contributed by atoms with Gasteiger partial charge in [0.1, 0.15) is 17.3 Å². The SMILES string of the molecule is COc1cc(C)c(CCNCC(C)=O)c(OC)c1. The summed E-state index contributed by atoms with van der Waals surface area (Å²) >= 11 is 0. The molecule has 0 unspecified atom stereocenters. The lowest BCUT2D eigenvalue weighted by Gasteiger charge is -2.14. The summed E-state index contributed by atoms with van der Waals surface area (Å²) < 4.78 is 10.6. The van der Waals surface area contributed by atoms with Gasteiger partial charge < -0.3 is 14.8 Å². The van der Waals surface area contributed by atoms with Crippen molar-refractivity contribution >= 4 is 5.78 Å². The lowest BCUT2D eigenvalue weighted by atomic mass is 10.0. The minimum atomic E-state index is 0.147. The molecule has 18 heavy (non-hydrogen) atoms. The smallest absolute Gasteiger partial charge is 0.143 e. The molecule has 0 aliphatic carbocycles. The van der Waals surface area contributed by atoms with Crippen LogP contribution in [0.4, 0.5) is 0 Å². The van der Waals surface area contributed by atoms with E-state index < -0.39 is 0 Å². The Bertz CT molecular complexity index is 416. The third kappa shape index (κ3) is 4.04. The molecule has 1 aromatic carbocycles. The van der Waals surface area contributed by atoms with E-state index in [1.54, 1.807) is 21.1 Å². The van der Waals surface area contributed by atoms with Gasteiger partial charge in [-0.3, -0.25) is 4.79 Å². The zero-order valence-electron chi connectivity index (χ0n) is 11.5. The lowest BCUT2D eigenvalue weighted by Crippen LogP contribution is -2.23. The van der Waals surface area contributed by atoms with Gasteiger partial charge in [0.25, 0.3) is 0 Å². The van der Waals surface area contributed by atoms with Crippen molar-refractivity contribution in [3.05, 3.63) is 23.3 Å². The number of ketones is 1. The van der Waals surface area contributed by atoms with Crippen LogP contribution < -0.4 is 14.8 Å². The van der Waals surface area contributed by atoms with Crippen molar-refractivity contribution < 1.29 is 14.3 Å². The van der Waals surface area contributed by atoms with Crippen molar-refractivity contribution in [2.45, 2.75) is 20.3 Å². The second kappa shape index (κ2) is 7.01. The van der Waals surface area contributed by atoms with E-state index in [4.69, 9.17) is 9.47 Å². The van der Waals surface area contributed by atoms with E-state index in [0.717, 1.165) is 35.6 Å². The highest BCUT2D eigenvalue weighted by Gasteiger charge is 2.09. The van der Waals surface area contributed by atoms with E-state index >= 15 is 0 Å². The van der Waals surface area contributed by atoms with Gasteiger partial charge in [0.15, 0.2) is 0 Å². The number of carbonyl (C=O) groups is 1. The number of hydrogen-bond acceptors (Lipinski definition) is 4. The van der Waals surface area contributed by atoms with E-state index in [1.165, 1.54) is 0 Å². The first-order valence-corrected chi connectivity index (χ1v) is 6.00. The average molecular weight is 251 g/mol.